The second-order valence-corrected chi connectivity index (χ2v) is 6.23. The lowest BCUT2D eigenvalue weighted by Crippen LogP contribution is -1.60. The van der Waals surface area contributed by atoms with E-state index in [2.05, 4.69) is 31.9 Å². The Labute approximate surface area is 89.2 Å². The molecule has 11 heavy (non-hydrogen) atoms. The molecule has 0 bridgehead atoms. The zero-order chi connectivity index (χ0) is 8.69. The normalized spacial score (nSPS) is 8.82. The van der Waals surface area contributed by atoms with E-state index in [1.54, 1.807) is 0 Å². The molecular weight excluding hydrogens is 291 g/mol. The summed E-state index contributed by atoms with van der Waals surface area (Å²) in [6.07, 6.45) is 0. The Morgan fingerprint density at radius 1 is 1.18 bits per heavy atom. The van der Waals surface area contributed by atoms with Crippen LogP contribution in [0.1, 0.15) is 6.92 Å². The van der Waals surface area contributed by atoms with E-state index in [0.29, 0.717) is 3.74 Å². The lowest BCUT2D eigenvalue weighted by Gasteiger charge is -1.80. The molecule has 1 aromatic carbocycles. The highest BCUT2D eigenvalue weighted by atomic mass is 79.9. The molecule has 0 heterocycles. The quantitative estimate of drug-likeness (QED) is 0.620. The summed E-state index contributed by atoms with van der Waals surface area (Å²) >= 11 is 11.9. The first-order chi connectivity index (χ1) is 5.13. The monoisotopic (exact) mass is 298 g/mol. The predicted molar refractivity (Wildman–Crippen MR) is 58.8 cm³/mol. The van der Waals surface area contributed by atoms with Crippen molar-refractivity contribution in [2.75, 3.05) is 0 Å². The molecule has 0 spiro atoms. The van der Waals surface area contributed by atoms with E-state index < -0.39 is 0 Å². The van der Waals surface area contributed by atoms with Crippen LogP contribution < -0.4 is 0 Å². The largest absolute Gasteiger partial charge is 0.0843 e. The van der Waals surface area contributed by atoms with E-state index in [4.69, 9.17) is 11.6 Å². The second-order valence-electron chi connectivity index (χ2n) is 1.81. The van der Waals surface area contributed by atoms with E-state index in [9.17, 15) is 0 Å². The van der Waals surface area contributed by atoms with Crippen molar-refractivity contribution in [1.82, 2.24) is 0 Å². The van der Waals surface area contributed by atoms with E-state index in [-0.39, 0.29) is 0 Å². The summed E-state index contributed by atoms with van der Waals surface area (Å²) in [6.45, 7) is 2.00. The third kappa shape index (κ3) is 10.5. The molecule has 0 unspecified atom stereocenters. The summed E-state index contributed by atoms with van der Waals surface area (Å²) in [5.74, 6) is 0. The second kappa shape index (κ2) is 7.14. The average molecular weight is 300 g/mol. The minimum Gasteiger partial charge on any atom is -0.0843 e. The van der Waals surface area contributed by atoms with Crippen molar-refractivity contribution in [3.8, 4) is 0 Å². The number of rotatable bonds is 0. The minimum atomic E-state index is 0.458. The van der Waals surface area contributed by atoms with Crippen LogP contribution in [0, 0.1) is 0 Å². The van der Waals surface area contributed by atoms with Gasteiger partial charge >= 0.3 is 0 Å². The SMILES string of the molecule is CC(Br)Br.Clc1ccccc1. The Balaban J connectivity index is 0.000000218. The first-order valence-electron chi connectivity index (χ1n) is 3.11. The maximum absolute atomic E-state index is 5.54. The number of hydrogen-bond donors (Lipinski definition) is 0. The van der Waals surface area contributed by atoms with E-state index in [1.165, 1.54) is 0 Å². The summed E-state index contributed by atoms with van der Waals surface area (Å²) in [5, 5.41) is 0.794. The highest BCUT2D eigenvalue weighted by Gasteiger charge is 1.75. The summed E-state index contributed by atoms with van der Waals surface area (Å²) in [5.41, 5.74) is 0. The van der Waals surface area contributed by atoms with Crippen molar-refractivity contribution >= 4 is 43.5 Å². The van der Waals surface area contributed by atoms with Gasteiger partial charge in [-0.2, -0.15) is 0 Å². The molecule has 1 aromatic rings. The van der Waals surface area contributed by atoms with Gasteiger partial charge in [-0.1, -0.05) is 61.7 Å². The number of benzene rings is 1. The number of halogens is 3. The van der Waals surface area contributed by atoms with E-state index >= 15 is 0 Å². The fraction of sp³-hybridized carbons (Fsp3) is 0.250. The maximum Gasteiger partial charge on any atom is 0.0669 e. The zero-order valence-electron chi connectivity index (χ0n) is 6.10. The van der Waals surface area contributed by atoms with Crippen molar-refractivity contribution in [1.29, 1.82) is 0 Å². The lowest BCUT2D eigenvalue weighted by molar-refractivity contribution is 1.48. The van der Waals surface area contributed by atoms with Crippen LogP contribution in [0.2, 0.25) is 5.02 Å². The summed E-state index contributed by atoms with van der Waals surface area (Å²) in [4.78, 5) is 0. The van der Waals surface area contributed by atoms with Crippen molar-refractivity contribution < 1.29 is 0 Å². The summed E-state index contributed by atoms with van der Waals surface area (Å²) < 4.78 is 0.458. The third-order valence-electron chi connectivity index (χ3n) is 0.733. The van der Waals surface area contributed by atoms with Crippen molar-refractivity contribution in [3.63, 3.8) is 0 Å². The van der Waals surface area contributed by atoms with Crippen LogP contribution in [0.4, 0.5) is 0 Å². The third-order valence-corrected chi connectivity index (χ3v) is 0.985. The van der Waals surface area contributed by atoms with Crippen LogP contribution in [0.25, 0.3) is 0 Å². The van der Waals surface area contributed by atoms with Crippen molar-refractivity contribution in [2.24, 2.45) is 0 Å². The van der Waals surface area contributed by atoms with Gasteiger partial charge in [-0.05, 0) is 19.1 Å². The average Bonchev–Trinajstić information content (AvgIpc) is 1.87. The molecule has 0 aliphatic rings. The van der Waals surface area contributed by atoms with Crippen LogP contribution in [0.5, 0.6) is 0 Å². The minimum absolute atomic E-state index is 0.458. The Kier molecular flexibility index (Phi) is 7.44. The highest BCUT2D eigenvalue weighted by molar-refractivity contribution is 9.24. The van der Waals surface area contributed by atoms with Gasteiger partial charge < -0.3 is 0 Å². The molecule has 0 saturated carbocycles. The lowest BCUT2D eigenvalue weighted by atomic mass is 10.4. The molecule has 0 amide bonds. The molecule has 1 rings (SSSR count). The molecule has 0 aromatic heterocycles. The molecule has 0 atom stereocenters. The Bertz CT molecular complexity index is 172. The van der Waals surface area contributed by atoms with Crippen molar-refractivity contribution in [3.05, 3.63) is 35.4 Å². The standard InChI is InChI=1S/C6H5Cl.C2H4Br2/c7-6-4-2-1-3-5-6;1-2(3)4/h1-5H;2H,1H3. The van der Waals surface area contributed by atoms with Gasteiger partial charge in [0.1, 0.15) is 0 Å². The van der Waals surface area contributed by atoms with E-state index in [0.717, 1.165) is 5.02 Å². The first-order valence-corrected chi connectivity index (χ1v) is 5.32. The Morgan fingerprint density at radius 2 is 1.55 bits per heavy atom. The van der Waals surface area contributed by atoms with Gasteiger partial charge in [-0.25, -0.2) is 0 Å². The fourth-order valence-electron chi connectivity index (χ4n) is 0.415. The molecule has 0 saturated heterocycles. The molecule has 0 nitrogen and oxygen atoms in total. The van der Waals surface area contributed by atoms with Gasteiger partial charge in [-0.3, -0.25) is 0 Å². The van der Waals surface area contributed by atoms with Crippen LogP contribution in [-0.4, -0.2) is 3.74 Å². The Hall–Kier alpha value is 0.470. The molecule has 0 fully saturated rings. The molecule has 0 aliphatic heterocycles. The Morgan fingerprint density at radius 3 is 1.73 bits per heavy atom. The van der Waals surface area contributed by atoms with E-state index in [1.807, 2.05) is 37.3 Å². The summed E-state index contributed by atoms with van der Waals surface area (Å²) in [6, 6.07) is 9.44. The number of hydrogen-bond acceptors (Lipinski definition) is 0. The first kappa shape index (κ1) is 11.5. The van der Waals surface area contributed by atoms with Gasteiger partial charge in [-0.15, -0.1) is 0 Å². The molecule has 0 N–H and O–H groups in total. The fourth-order valence-corrected chi connectivity index (χ4v) is 0.560. The van der Waals surface area contributed by atoms with Crippen molar-refractivity contribution in [2.45, 2.75) is 10.7 Å². The van der Waals surface area contributed by atoms with Gasteiger partial charge in [0.2, 0.25) is 0 Å². The van der Waals surface area contributed by atoms with Crippen LogP contribution >= 0.6 is 43.5 Å². The van der Waals surface area contributed by atoms with Gasteiger partial charge in [0.15, 0.2) is 0 Å². The zero-order valence-corrected chi connectivity index (χ0v) is 10.0. The molecule has 3 heteroatoms. The topological polar surface area (TPSA) is 0 Å². The molecular formula is C8H9Br2Cl. The van der Waals surface area contributed by atoms with Gasteiger partial charge in [0, 0.05) is 5.02 Å². The van der Waals surface area contributed by atoms with Crippen LogP contribution in [0.15, 0.2) is 30.3 Å². The summed E-state index contributed by atoms with van der Waals surface area (Å²) in [7, 11) is 0. The maximum atomic E-state index is 5.54. The predicted octanol–water partition coefficient (Wildman–Crippen LogP) is 4.46. The van der Waals surface area contributed by atoms with Gasteiger partial charge in [0.05, 0.1) is 3.74 Å². The molecule has 62 valence electrons. The van der Waals surface area contributed by atoms with Crippen LogP contribution in [0.3, 0.4) is 0 Å². The molecule has 0 radical (unpaired) electrons. The van der Waals surface area contributed by atoms with Gasteiger partial charge in [0.25, 0.3) is 0 Å². The smallest absolute Gasteiger partial charge is 0.0669 e. The number of alkyl halides is 2. The van der Waals surface area contributed by atoms with Crippen LogP contribution in [-0.2, 0) is 0 Å². The molecule has 0 aliphatic carbocycles. The highest BCUT2D eigenvalue weighted by Crippen LogP contribution is 2.03.